The molecule has 3 heterocycles. The Hall–Kier alpha value is -8.34. The van der Waals surface area contributed by atoms with Crippen LogP contribution in [0.3, 0.4) is 0 Å². The summed E-state index contributed by atoms with van der Waals surface area (Å²) < 4.78 is 4.81. The van der Waals surface area contributed by atoms with Crippen LogP contribution in [0.4, 0.5) is 0 Å². The molecule has 0 N–H and O–H groups in total. The number of hydrogen-bond acceptors (Lipinski definition) is 2. The van der Waals surface area contributed by atoms with Crippen molar-refractivity contribution in [1.29, 1.82) is 0 Å². The minimum atomic E-state index is 0.729. The summed E-state index contributed by atoms with van der Waals surface area (Å²) in [6.07, 6.45) is 0. The second-order valence-corrected chi connectivity index (χ2v) is 17.7. The van der Waals surface area contributed by atoms with Gasteiger partial charge in [0.25, 0.3) is 0 Å². The van der Waals surface area contributed by atoms with E-state index in [1.165, 1.54) is 88.1 Å². The third kappa shape index (κ3) is 6.69. The number of hydrogen-bond donors (Lipinski definition) is 0. The minimum Gasteiger partial charge on any atom is -0.309 e. The van der Waals surface area contributed by atoms with Gasteiger partial charge in [0.05, 0.1) is 33.5 Å². The number of rotatable bonds is 7. The lowest BCUT2D eigenvalue weighted by Gasteiger charge is -2.15. The van der Waals surface area contributed by atoms with Gasteiger partial charge in [0.15, 0.2) is 5.82 Å². The highest BCUT2D eigenvalue weighted by Crippen LogP contribution is 2.39. The van der Waals surface area contributed by atoms with Crippen LogP contribution in [0, 0.1) is 27.7 Å². The highest BCUT2D eigenvalue weighted by molar-refractivity contribution is 6.12. The maximum atomic E-state index is 5.12. The van der Waals surface area contributed by atoms with Gasteiger partial charge in [0, 0.05) is 49.6 Å². The van der Waals surface area contributed by atoms with Crippen molar-refractivity contribution in [2.45, 2.75) is 27.7 Å². The predicted molar refractivity (Wildman–Crippen MR) is 277 cm³/mol. The fourth-order valence-electron chi connectivity index (χ4n) is 10.2. The third-order valence-electron chi connectivity index (χ3n) is 13.3. The average Bonchev–Trinajstić information content (AvgIpc) is 3.86. The second-order valence-electron chi connectivity index (χ2n) is 17.7. The van der Waals surface area contributed by atoms with E-state index in [2.05, 4.69) is 243 Å². The Labute approximate surface area is 384 Å². The summed E-state index contributed by atoms with van der Waals surface area (Å²) in [6, 6.07) is 74.8. The van der Waals surface area contributed by atoms with Crippen molar-refractivity contribution >= 4 is 43.6 Å². The van der Waals surface area contributed by atoms with Gasteiger partial charge in [-0.3, -0.25) is 0 Å². The van der Waals surface area contributed by atoms with Gasteiger partial charge in [-0.1, -0.05) is 151 Å². The van der Waals surface area contributed by atoms with E-state index < -0.39 is 0 Å². The molecular formula is C62H46N4. The van der Waals surface area contributed by atoms with Crippen LogP contribution < -0.4 is 0 Å². The molecule has 0 aliphatic carbocycles. The van der Waals surface area contributed by atoms with Gasteiger partial charge in [-0.15, -0.1) is 0 Å². The Morgan fingerprint density at radius 1 is 0.303 bits per heavy atom. The lowest BCUT2D eigenvalue weighted by Crippen LogP contribution is -1.97. The summed E-state index contributed by atoms with van der Waals surface area (Å²) in [5, 5.41) is 5.01. The van der Waals surface area contributed by atoms with Crippen LogP contribution in [0.1, 0.15) is 22.3 Å². The molecule has 3 aromatic heterocycles. The van der Waals surface area contributed by atoms with E-state index in [4.69, 9.17) is 9.97 Å². The van der Waals surface area contributed by atoms with Crippen LogP contribution in [-0.2, 0) is 0 Å². The Balaban J connectivity index is 0.864. The summed E-state index contributed by atoms with van der Waals surface area (Å²) in [4.78, 5) is 10.2. The highest BCUT2D eigenvalue weighted by Gasteiger charge is 2.18. The highest BCUT2D eigenvalue weighted by atomic mass is 15.0. The van der Waals surface area contributed by atoms with E-state index in [9.17, 15) is 0 Å². The summed E-state index contributed by atoms with van der Waals surface area (Å²) in [7, 11) is 0. The van der Waals surface area contributed by atoms with Crippen molar-refractivity contribution in [1.82, 2.24) is 19.1 Å². The number of aryl methyl sites for hydroxylation is 4. The fourth-order valence-corrected chi connectivity index (χ4v) is 10.2. The Bertz CT molecular complexity index is 3710. The topological polar surface area (TPSA) is 35.6 Å². The quantitative estimate of drug-likeness (QED) is 0.160. The molecule has 0 radical (unpaired) electrons. The Morgan fingerprint density at radius 3 is 1.38 bits per heavy atom. The molecule has 0 aliphatic heterocycles. The number of fused-ring (bicyclic) bond motifs is 6. The zero-order chi connectivity index (χ0) is 44.5. The van der Waals surface area contributed by atoms with E-state index in [1.807, 2.05) is 0 Å². The van der Waals surface area contributed by atoms with Crippen LogP contribution >= 0.6 is 0 Å². The minimum absolute atomic E-state index is 0.729. The maximum Gasteiger partial charge on any atom is 0.160 e. The molecule has 12 rings (SSSR count). The lowest BCUT2D eigenvalue weighted by atomic mass is 9.91. The fraction of sp³-hybridized carbons (Fsp3) is 0.0645. The van der Waals surface area contributed by atoms with Crippen LogP contribution in [0.5, 0.6) is 0 Å². The predicted octanol–water partition coefficient (Wildman–Crippen LogP) is 16.2. The molecule has 0 unspecified atom stereocenters. The van der Waals surface area contributed by atoms with Crippen molar-refractivity contribution in [2.75, 3.05) is 0 Å². The molecule has 4 heteroatoms. The molecule has 0 saturated heterocycles. The Morgan fingerprint density at radius 2 is 0.773 bits per heavy atom. The zero-order valence-corrected chi connectivity index (χ0v) is 37.4. The van der Waals surface area contributed by atoms with Crippen molar-refractivity contribution in [3.63, 3.8) is 0 Å². The van der Waals surface area contributed by atoms with Gasteiger partial charge < -0.3 is 9.13 Å². The molecule has 4 nitrogen and oxygen atoms in total. The van der Waals surface area contributed by atoms with Crippen molar-refractivity contribution in [2.24, 2.45) is 0 Å². The van der Waals surface area contributed by atoms with Crippen molar-refractivity contribution < 1.29 is 0 Å². The molecule has 0 amide bonds. The van der Waals surface area contributed by atoms with Crippen LogP contribution in [0.15, 0.2) is 206 Å². The van der Waals surface area contributed by atoms with Gasteiger partial charge in [-0.05, 0) is 128 Å². The lowest BCUT2D eigenvalue weighted by molar-refractivity contribution is 1.17. The van der Waals surface area contributed by atoms with Gasteiger partial charge in [-0.25, -0.2) is 9.97 Å². The molecule has 0 fully saturated rings. The summed E-state index contributed by atoms with van der Waals surface area (Å²) in [6.45, 7) is 8.68. The number of nitrogens with zero attached hydrogens (tertiary/aromatic N) is 4. The number of aromatic nitrogens is 4. The SMILES string of the molecule is Cc1cccc(-c2cc(-c3ccc(-c4c(C)cc(-c5ccc(-n6c7ccccc7c7cc(-n8c9ccccc9c9ccccc98)ccc76)cc5)cc4C)cc3)nc(-c3cccc(C)c3)n2)c1. The first-order valence-electron chi connectivity index (χ1n) is 22.7. The second kappa shape index (κ2) is 15.7. The largest absolute Gasteiger partial charge is 0.309 e. The first-order valence-corrected chi connectivity index (χ1v) is 22.7. The van der Waals surface area contributed by atoms with Crippen LogP contribution in [0.25, 0.3) is 111 Å². The van der Waals surface area contributed by atoms with E-state index in [-0.39, 0.29) is 0 Å². The molecule has 0 saturated carbocycles. The van der Waals surface area contributed by atoms with Gasteiger partial charge >= 0.3 is 0 Å². The molecule has 12 aromatic rings. The first-order chi connectivity index (χ1) is 32.3. The molecule has 0 aliphatic rings. The van der Waals surface area contributed by atoms with Crippen LogP contribution in [0.2, 0.25) is 0 Å². The van der Waals surface area contributed by atoms with E-state index >= 15 is 0 Å². The van der Waals surface area contributed by atoms with E-state index in [0.29, 0.717) is 0 Å². The number of benzene rings is 9. The van der Waals surface area contributed by atoms with Crippen LogP contribution in [-0.4, -0.2) is 19.1 Å². The molecule has 66 heavy (non-hydrogen) atoms. The Kier molecular flexibility index (Phi) is 9.35. The maximum absolute atomic E-state index is 5.12. The molecule has 0 atom stereocenters. The van der Waals surface area contributed by atoms with E-state index in [1.54, 1.807) is 0 Å². The normalized spacial score (nSPS) is 11.6. The standard InChI is InChI=1S/C62H46N4/c1-39-13-11-15-46(33-39)56-38-55(63-62(64-56)47-16-12-14-40(2)34-47)44-23-25-45(26-24-44)61-41(3)35-48(36-42(61)4)43-27-29-49(30-28-43)65-59-22-10-7-19-53(59)54-37-50(31-32-60(54)65)66-57-20-8-5-17-51(57)52-18-6-9-21-58(52)66/h5-38H,1-4H3. The van der Waals surface area contributed by atoms with Crippen molar-refractivity contribution in [3.8, 4) is 67.5 Å². The summed E-state index contributed by atoms with van der Waals surface area (Å²) >= 11 is 0. The molecule has 0 bridgehead atoms. The van der Waals surface area contributed by atoms with Crippen molar-refractivity contribution in [3.05, 3.63) is 229 Å². The monoisotopic (exact) mass is 846 g/mol. The third-order valence-corrected chi connectivity index (χ3v) is 13.3. The molecule has 9 aromatic carbocycles. The van der Waals surface area contributed by atoms with Gasteiger partial charge in [0.1, 0.15) is 0 Å². The molecular weight excluding hydrogens is 801 g/mol. The first kappa shape index (κ1) is 39.3. The zero-order valence-electron chi connectivity index (χ0n) is 37.4. The van der Waals surface area contributed by atoms with Gasteiger partial charge in [0.2, 0.25) is 0 Å². The average molecular weight is 847 g/mol. The molecule has 0 spiro atoms. The van der Waals surface area contributed by atoms with Gasteiger partial charge in [-0.2, -0.15) is 0 Å². The van der Waals surface area contributed by atoms with E-state index in [0.717, 1.165) is 45.3 Å². The molecule has 314 valence electrons. The number of para-hydroxylation sites is 3. The summed E-state index contributed by atoms with van der Waals surface area (Å²) in [5.74, 6) is 0.729. The smallest absolute Gasteiger partial charge is 0.160 e. The summed E-state index contributed by atoms with van der Waals surface area (Å²) in [5.41, 5.74) is 21.8.